The Kier molecular flexibility index (Phi) is 61.6. The van der Waals surface area contributed by atoms with Crippen LogP contribution in [0.5, 0.6) is 0 Å². The molecule has 0 aromatic carbocycles. The number of hydrogen-bond donors (Lipinski definition) is 0. The van der Waals surface area contributed by atoms with Gasteiger partial charge in [0.1, 0.15) is 13.2 Å². The van der Waals surface area contributed by atoms with Crippen LogP contribution in [-0.4, -0.2) is 37.2 Å². The Labute approximate surface area is 457 Å². The van der Waals surface area contributed by atoms with Gasteiger partial charge in [-0.2, -0.15) is 0 Å². The van der Waals surface area contributed by atoms with Gasteiger partial charge in [-0.1, -0.05) is 355 Å². The molecule has 0 fully saturated rings. The number of unbranched alkanes of at least 4 members (excludes halogenated alkanes) is 52. The van der Waals surface area contributed by atoms with Gasteiger partial charge in [-0.3, -0.25) is 14.4 Å². The molecule has 0 saturated heterocycles. The zero-order valence-electron chi connectivity index (χ0n) is 50.0. The molecule has 0 aliphatic heterocycles. The zero-order valence-corrected chi connectivity index (χ0v) is 50.0. The molecular weight excluding hydrogens is 901 g/mol. The first kappa shape index (κ1) is 71.4. The van der Waals surface area contributed by atoms with Crippen molar-refractivity contribution in [3.05, 3.63) is 0 Å². The van der Waals surface area contributed by atoms with Gasteiger partial charge < -0.3 is 14.2 Å². The molecule has 434 valence electrons. The smallest absolute Gasteiger partial charge is 0.306 e. The van der Waals surface area contributed by atoms with Crippen molar-refractivity contribution in [1.29, 1.82) is 0 Å². The summed E-state index contributed by atoms with van der Waals surface area (Å²) in [5, 5.41) is 0. The molecule has 0 rings (SSSR count). The third kappa shape index (κ3) is 61.1. The second kappa shape index (κ2) is 62.9. The van der Waals surface area contributed by atoms with Crippen LogP contribution < -0.4 is 0 Å². The highest BCUT2D eigenvalue weighted by atomic mass is 16.6. The lowest BCUT2D eigenvalue weighted by atomic mass is 10.0. The lowest BCUT2D eigenvalue weighted by molar-refractivity contribution is -0.167. The number of esters is 3. The van der Waals surface area contributed by atoms with Gasteiger partial charge in [0.15, 0.2) is 6.10 Å². The van der Waals surface area contributed by atoms with E-state index in [1.165, 1.54) is 295 Å². The summed E-state index contributed by atoms with van der Waals surface area (Å²) < 4.78 is 16.8. The second-order valence-corrected chi connectivity index (χ2v) is 23.1. The molecule has 0 heterocycles. The Morgan fingerprint density at radius 3 is 0.548 bits per heavy atom. The molecule has 1 unspecified atom stereocenters. The Morgan fingerprint density at radius 2 is 0.370 bits per heavy atom. The molecule has 6 heteroatoms. The molecular formula is C67H130O6. The highest BCUT2D eigenvalue weighted by Crippen LogP contribution is 2.19. The number of rotatable bonds is 63. The maximum atomic E-state index is 12.8. The lowest BCUT2D eigenvalue weighted by Crippen LogP contribution is -2.30. The average Bonchev–Trinajstić information content (AvgIpc) is 3.39. The van der Waals surface area contributed by atoms with Crippen LogP contribution in [0.25, 0.3) is 0 Å². The van der Waals surface area contributed by atoms with Crippen molar-refractivity contribution in [2.24, 2.45) is 0 Å². The molecule has 0 spiro atoms. The van der Waals surface area contributed by atoms with E-state index in [0.717, 1.165) is 57.8 Å². The summed E-state index contributed by atoms with van der Waals surface area (Å²) in [6.07, 6.45) is 73.1. The fraction of sp³-hybridized carbons (Fsp3) is 0.955. The Balaban J connectivity index is 3.88. The van der Waals surface area contributed by atoms with Gasteiger partial charge in [0, 0.05) is 19.3 Å². The summed E-state index contributed by atoms with van der Waals surface area (Å²) in [6, 6.07) is 0. The van der Waals surface area contributed by atoms with Crippen LogP contribution in [0.4, 0.5) is 0 Å². The molecule has 73 heavy (non-hydrogen) atoms. The molecule has 0 radical (unpaired) electrons. The van der Waals surface area contributed by atoms with Crippen molar-refractivity contribution in [3.8, 4) is 0 Å². The maximum Gasteiger partial charge on any atom is 0.306 e. The van der Waals surface area contributed by atoms with E-state index in [-0.39, 0.29) is 31.1 Å². The minimum Gasteiger partial charge on any atom is -0.462 e. The van der Waals surface area contributed by atoms with E-state index >= 15 is 0 Å². The highest BCUT2D eigenvalue weighted by Gasteiger charge is 2.19. The molecule has 0 aliphatic carbocycles. The first-order chi connectivity index (χ1) is 36.0. The molecule has 0 bridgehead atoms. The third-order valence-corrected chi connectivity index (χ3v) is 15.6. The summed E-state index contributed by atoms with van der Waals surface area (Å²) in [5.41, 5.74) is 0. The molecule has 0 amide bonds. The Morgan fingerprint density at radius 1 is 0.219 bits per heavy atom. The number of ether oxygens (including phenoxy) is 3. The van der Waals surface area contributed by atoms with Gasteiger partial charge in [0.25, 0.3) is 0 Å². The quantitative estimate of drug-likeness (QED) is 0.0343. The van der Waals surface area contributed by atoms with E-state index in [1.807, 2.05) is 0 Å². The summed E-state index contributed by atoms with van der Waals surface area (Å²) in [4.78, 5) is 38.0. The number of hydrogen-bond acceptors (Lipinski definition) is 6. The predicted molar refractivity (Wildman–Crippen MR) is 317 cm³/mol. The summed E-state index contributed by atoms with van der Waals surface area (Å²) in [6.45, 7) is 6.68. The van der Waals surface area contributed by atoms with Crippen molar-refractivity contribution < 1.29 is 28.6 Å². The number of carbonyl (C=O) groups is 3. The fourth-order valence-corrected chi connectivity index (χ4v) is 10.6. The van der Waals surface area contributed by atoms with Crippen molar-refractivity contribution in [2.75, 3.05) is 13.2 Å². The third-order valence-electron chi connectivity index (χ3n) is 15.6. The van der Waals surface area contributed by atoms with Gasteiger partial charge in [-0.05, 0) is 19.3 Å². The summed E-state index contributed by atoms with van der Waals surface area (Å²) in [7, 11) is 0. The van der Waals surface area contributed by atoms with E-state index in [0.29, 0.717) is 19.3 Å². The van der Waals surface area contributed by atoms with E-state index in [1.54, 1.807) is 0 Å². The normalized spacial score (nSPS) is 11.9. The maximum absolute atomic E-state index is 12.8. The fourth-order valence-electron chi connectivity index (χ4n) is 10.6. The van der Waals surface area contributed by atoms with Crippen LogP contribution in [0.15, 0.2) is 0 Å². The minimum atomic E-state index is -0.760. The summed E-state index contributed by atoms with van der Waals surface area (Å²) in [5.74, 6) is -0.838. The molecule has 0 aromatic rings. The first-order valence-electron chi connectivity index (χ1n) is 33.5. The Hall–Kier alpha value is -1.59. The van der Waals surface area contributed by atoms with Crippen molar-refractivity contribution >= 4 is 17.9 Å². The number of carbonyl (C=O) groups excluding carboxylic acids is 3. The van der Waals surface area contributed by atoms with Gasteiger partial charge in [0.2, 0.25) is 0 Å². The second-order valence-electron chi connectivity index (χ2n) is 23.1. The minimum absolute atomic E-state index is 0.0616. The van der Waals surface area contributed by atoms with Crippen LogP contribution in [0, 0.1) is 0 Å². The van der Waals surface area contributed by atoms with E-state index < -0.39 is 6.10 Å². The summed E-state index contributed by atoms with van der Waals surface area (Å²) >= 11 is 0. The molecule has 0 saturated carbocycles. The largest absolute Gasteiger partial charge is 0.462 e. The first-order valence-corrected chi connectivity index (χ1v) is 33.5. The molecule has 0 aliphatic rings. The van der Waals surface area contributed by atoms with Gasteiger partial charge in [-0.25, -0.2) is 0 Å². The monoisotopic (exact) mass is 1030 g/mol. The van der Waals surface area contributed by atoms with Crippen molar-refractivity contribution in [1.82, 2.24) is 0 Å². The average molecular weight is 1030 g/mol. The van der Waals surface area contributed by atoms with Crippen LogP contribution in [0.3, 0.4) is 0 Å². The Bertz CT molecular complexity index is 1090. The molecule has 1 atom stereocenters. The molecule has 0 aromatic heterocycles. The molecule has 0 N–H and O–H groups in total. The van der Waals surface area contributed by atoms with Gasteiger partial charge >= 0.3 is 17.9 Å². The highest BCUT2D eigenvalue weighted by molar-refractivity contribution is 5.71. The van der Waals surface area contributed by atoms with E-state index in [9.17, 15) is 14.4 Å². The van der Waals surface area contributed by atoms with Crippen LogP contribution in [0.1, 0.15) is 393 Å². The lowest BCUT2D eigenvalue weighted by Gasteiger charge is -2.18. The van der Waals surface area contributed by atoms with Crippen LogP contribution >= 0.6 is 0 Å². The van der Waals surface area contributed by atoms with Gasteiger partial charge in [-0.15, -0.1) is 0 Å². The predicted octanol–water partition coefficient (Wildman–Crippen LogP) is 22.7. The van der Waals surface area contributed by atoms with E-state index in [2.05, 4.69) is 20.8 Å². The van der Waals surface area contributed by atoms with E-state index in [4.69, 9.17) is 14.2 Å². The zero-order chi connectivity index (χ0) is 52.9. The van der Waals surface area contributed by atoms with Crippen molar-refractivity contribution in [3.63, 3.8) is 0 Å². The SMILES string of the molecule is CCCCCCCCCCCCCCCCCCCCCCCCCCCCCCCCCCCCC(=O)OCC(COC(=O)CCCCCCCCCC)OC(=O)CCCCCCCCCCCCCCC. The van der Waals surface area contributed by atoms with Crippen LogP contribution in [-0.2, 0) is 28.6 Å². The molecule has 6 nitrogen and oxygen atoms in total. The van der Waals surface area contributed by atoms with Crippen molar-refractivity contribution in [2.45, 2.75) is 399 Å². The van der Waals surface area contributed by atoms with Gasteiger partial charge in [0.05, 0.1) is 0 Å². The topological polar surface area (TPSA) is 78.9 Å². The standard InChI is InChI=1S/C67H130O6/c1-4-7-10-13-16-19-21-23-24-25-26-27-28-29-30-31-32-33-34-35-36-37-38-39-40-41-42-43-45-46-48-51-54-57-60-66(69)72-63-64(62-71-65(68)59-56-53-50-18-15-12-9-6-3)73-67(70)61-58-55-52-49-47-44-22-20-17-14-11-8-5-2/h64H,4-63H2,1-3H3. The van der Waals surface area contributed by atoms with Crippen LogP contribution in [0.2, 0.25) is 0 Å².